The third-order valence-electron chi connectivity index (χ3n) is 10.1. The van der Waals surface area contributed by atoms with Crippen LogP contribution in [0.15, 0.2) is 0 Å². The van der Waals surface area contributed by atoms with E-state index in [2.05, 4.69) is 32.4 Å². The molecule has 5 heteroatoms. The molecule has 0 saturated carbocycles. The summed E-state index contributed by atoms with van der Waals surface area (Å²) in [5.74, 6) is 0. The first-order chi connectivity index (χ1) is 23.0. The normalized spacial score (nSPS) is 12.2. The lowest BCUT2D eigenvalue weighted by molar-refractivity contribution is 0.174. The van der Waals surface area contributed by atoms with Crippen molar-refractivity contribution in [2.75, 3.05) is 0 Å². The quantitative estimate of drug-likeness (QED) is 0.0653. The summed E-state index contributed by atoms with van der Waals surface area (Å²) in [5.41, 5.74) is 0. The summed E-state index contributed by atoms with van der Waals surface area (Å²) in [5, 5.41) is 0. The van der Waals surface area contributed by atoms with Gasteiger partial charge in [0.25, 0.3) is 0 Å². The monoisotopic (exact) mass is 686 g/mol. The van der Waals surface area contributed by atoms with Gasteiger partial charge in [0, 0.05) is 6.04 Å². The van der Waals surface area contributed by atoms with Gasteiger partial charge in [-0.25, -0.2) is 0 Å². The molecule has 284 valence electrons. The Labute approximate surface area is 297 Å². The fraction of sp³-hybridized carbons (Fsp3) is 1.00. The maximum Gasteiger partial charge on any atom is 0.336 e. The van der Waals surface area contributed by atoms with E-state index >= 15 is 0 Å². The topological polar surface area (TPSA) is 55.4 Å². The Morgan fingerprint density at radius 2 is 0.596 bits per heavy atom. The van der Waals surface area contributed by atoms with Crippen LogP contribution in [-0.2, 0) is 14.5 Å². The molecule has 0 rings (SSSR count). The number of hydrogen-bond acceptors (Lipinski definition) is 3. The van der Waals surface area contributed by atoms with Crippen LogP contribution in [0.1, 0.15) is 259 Å². The van der Waals surface area contributed by atoms with Crippen LogP contribution in [0.3, 0.4) is 0 Å². The molecule has 0 aromatic carbocycles. The van der Waals surface area contributed by atoms with E-state index in [1.54, 1.807) is 0 Å². The standard InChI is InChI=1S/C42H87NO3S/c1-5-9-13-17-21-25-29-33-37-41(38-34-30-26-22-18-14-10-6-2)43-47(44,45)46-42(39-35-31-27-23-19-15-11-7-3)40-36-32-28-24-20-16-12-8-4/h41-43H,5-40H2,1-4H3. The van der Waals surface area contributed by atoms with Gasteiger partial charge in [0.1, 0.15) is 0 Å². The minimum absolute atomic E-state index is 0.00655. The van der Waals surface area contributed by atoms with Gasteiger partial charge in [-0.15, -0.1) is 0 Å². The molecule has 0 heterocycles. The maximum absolute atomic E-state index is 13.5. The van der Waals surface area contributed by atoms with Crippen molar-refractivity contribution in [1.82, 2.24) is 4.72 Å². The fourth-order valence-corrected chi connectivity index (χ4v) is 8.23. The summed E-state index contributed by atoms with van der Waals surface area (Å²) < 4.78 is 36.0. The van der Waals surface area contributed by atoms with Gasteiger partial charge in [-0.05, 0) is 25.7 Å². The van der Waals surface area contributed by atoms with E-state index in [9.17, 15) is 8.42 Å². The van der Waals surface area contributed by atoms with Crippen molar-refractivity contribution in [3.8, 4) is 0 Å². The highest BCUT2D eigenvalue weighted by Crippen LogP contribution is 2.21. The van der Waals surface area contributed by atoms with Crippen molar-refractivity contribution in [2.45, 2.75) is 271 Å². The van der Waals surface area contributed by atoms with Crippen LogP contribution >= 0.6 is 0 Å². The smallest absolute Gasteiger partial charge is 0.255 e. The van der Waals surface area contributed by atoms with Gasteiger partial charge in [0.2, 0.25) is 0 Å². The van der Waals surface area contributed by atoms with Gasteiger partial charge in [0.15, 0.2) is 0 Å². The molecule has 1 N–H and O–H groups in total. The summed E-state index contributed by atoms with van der Waals surface area (Å²) in [7, 11) is -3.76. The lowest BCUT2D eigenvalue weighted by Gasteiger charge is -2.22. The van der Waals surface area contributed by atoms with E-state index in [1.165, 1.54) is 180 Å². The zero-order chi connectivity index (χ0) is 34.5. The molecule has 0 unspecified atom stereocenters. The highest BCUT2D eigenvalue weighted by Gasteiger charge is 2.23. The van der Waals surface area contributed by atoms with E-state index < -0.39 is 10.3 Å². The van der Waals surface area contributed by atoms with Crippen LogP contribution in [0.5, 0.6) is 0 Å². The lowest BCUT2D eigenvalue weighted by atomic mass is 10.0. The summed E-state index contributed by atoms with van der Waals surface area (Å²) in [6.45, 7) is 9.08. The molecule has 0 aliphatic heterocycles. The fourth-order valence-electron chi connectivity index (χ4n) is 6.97. The molecule has 0 radical (unpaired) electrons. The van der Waals surface area contributed by atoms with Crippen molar-refractivity contribution in [2.24, 2.45) is 0 Å². The molecule has 47 heavy (non-hydrogen) atoms. The Morgan fingerprint density at radius 3 is 0.872 bits per heavy atom. The predicted molar refractivity (Wildman–Crippen MR) is 210 cm³/mol. The highest BCUT2D eigenvalue weighted by atomic mass is 32.2. The van der Waals surface area contributed by atoms with E-state index in [-0.39, 0.29) is 12.1 Å². The molecule has 0 aromatic heterocycles. The second-order valence-corrected chi connectivity index (χ2v) is 16.4. The molecule has 0 fully saturated rings. The predicted octanol–water partition coefficient (Wildman–Crippen LogP) is 14.7. The second kappa shape index (κ2) is 37.1. The second-order valence-electron chi connectivity index (χ2n) is 15.0. The summed E-state index contributed by atoms with van der Waals surface area (Å²) in [6, 6.07) is 0.00655. The summed E-state index contributed by atoms with van der Waals surface area (Å²) >= 11 is 0. The minimum atomic E-state index is -3.76. The third-order valence-corrected chi connectivity index (χ3v) is 11.3. The molecule has 0 spiro atoms. The van der Waals surface area contributed by atoms with Crippen molar-refractivity contribution in [3.05, 3.63) is 0 Å². The largest absolute Gasteiger partial charge is 0.336 e. The van der Waals surface area contributed by atoms with Crippen molar-refractivity contribution in [1.29, 1.82) is 0 Å². The Kier molecular flexibility index (Phi) is 37.0. The van der Waals surface area contributed by atoms with Crippen LogP contribution in [0, 0.1) is 0 Å². The number of hydrogen-bond donors (Lipinski definition) is 1. The molecule has 0 aliphatic carbocycles. The zero-order valence-corrected chi connectivity index (χ0v) is 33.6. The van der Waals surface area contributed by atoms with Crippen LogP contribution < -0.4 is 4.72 Å². The third kappa shape index (κ3) is 35.5. The van der Waals surface area contributed by atoms with Crippen molar-refractivity contribution < 1.29 is 12.6 Å². The number of nitrogens with one attached hydrogen (secondary N) is 1. The molecule has 0 saturated heterocycles. The maximum atomic E-state index is 13.5. The van der Waals surface area contributed by atoms with Crippen LogP contribution in [0.4, 0.5) is 0 Å². The first-order valence-corrected chi connectivity index (χ1v) is 23.1. The van der Waals surface area contributed by atoms with Gasteiger partial charge in [0.05, 0.1) is 6.10 Å². The van der Waals surface area contributed by atoms with Crippen molar-refractivity contribution in [3.63, 3.8) is 0 Å². The summed E-state index contributed by atoms with van der Waals surface area (Å²) in [6.07, 6.45) is 44.3. The van der Waals surface area contributed by atoms with E-state index in [4.69, 9.17) is 4.18 Å². The Hall–Kier alpha value is -0.130. The first-order valence-electron chi connectivity index (χ1n) is 21.7. The van der Waals surface area contributed by atoms with E-state index in [1.807, 2.05) is 0 Å². The number of unbranched alkanes of at least 4 members (excludes halogenated alkanes) is 28. The van der Waals surface area contributed by atoms with E-state index in [0.717, 1.165) is 51.4 Å². The molecule has 0 aromatic rings. The Morgan fingerprint density at radius 1 is 0.362 bits per heavy atom. The summed E-state index contributed by atoms with van der Waals surface area (Å²) in [4.78, 5) is 0. The van der Waals surface area contributed by atoms with Crippen LogP contribution in [-0.4, -0.2) is 20.6 Å². The molecule has 0 bridgehead atoms. The van der Waals surface area contributed by atoms with Gasteiger partial charge in [-0.1, -0.05) is 233 Å². The van der Waals surface area contributed by atoms with Gasteiger partial charge in [-0.2, -0.15) is 13.1 Å². The Bertz CT molecular complexity index is 606. The molecule has 0 amide bonds. The zero-order valence-electron chi connectivity index (χ0n) is 32.7. The van der Waals surface area contributed by atoms with Crippen molar-refractivity contribution >= 4 is 10.3 Å². The average Bonchev–Trinajstić information content (AvgIpc) is 3.05. The molecular weight excluding hydrogens is 599 g/mol. The Balaban J connectivity index is 4.92. The van der Waals surface area contributed by atoms with E-state index in [0.29, 0.717) is 0 Å². The molecule has 0 aliphatic rings. The first kappa shape index (κ1) is 46.9. The lowest BCUT2D eigenvalue weighted by Crippen LogP contribution is -2.38. The van der Waals surface area contributed by atoms with Crippen LogP contribution in [0.25, 0.3) is 0 Å². The highest BCUT2D eigenvalue weighted by molar-refractivity contribution is 7.84. The SMILES string of the molecule is CCCCCCCCCCC(CCCCCCCCCC)NS(=O)(=O)OC(CCCCCCCCCC)CCCCCCCCCC. The molecule has 4 nitrogen and oxygen atoms in total. The van der Waals surface area contributed by atoms with Gasteiger partial charge < -0.3 is 0 Å². The van der Waals surface area contributed by atoms with Gasteiger partial charge in [-0.3, -0.25) is 4.18 Å². The molecular formula is C42H87NO3S. The average molecular weight is 686 g/mol. The van der Waals surface area contributed by atoms with Crippen LogP contribution in [0.2, 0.25) is 0 Å². The van der Waals surface area contributed by atoms with Gasteiger partial charge >= 0.3 is 10.3 Å². The minimum Gasteiger partial charge on any atom is -0.255 e. The molecule has 0 atom stereocenters. The number of rotatable bonds is 40.